The maximum absolute atomic E-state index is 13.0. The Hall–Kier alpha value is -2.52. The van der Waals surface area contributed by atoms with Crippen molar-refractivity contribution in [1.82, 2.24) is 4.98 Å². The summed E-state index contributed by atoms with van der Waals surface area (Å²) in [6.45, 7) is 0. The topological polar surface area (TPSA) is 50.2 Å². The fourth-order valence-electron chi connectivity index (χ4n) is 4.72. The van der Waals surface area contributed by atoms with Gasteiger partial charge in [-0.15, -0.1) is 11.3 Å². The summed E-state index contributed by atoms with van der Waals surface area (Å²) in [6.07, 6.45) is 2.80. The number of carboxylic acids is 1. The highest BCUT2D eigenvalue weighted by atomic mass is 35.5. The van der Waals surface area contributed by atoms with Crippen LogP contribution in [0.5, 0.6) is 0 Å². The van der Waals surface area contributed by atoms with Gasteiger partial charge in [0.15, 0.2) is 0 Å². The highest BCUT2D eigenvalue weighted by Crippen LogP contribution is 2.53. The Morgan fingerprint density at radius 2 is 1.85 bits per heavy atom. The minimum Gasteiger partial charge on any atom is -0.481 e. The molecule has 0 unspecified atom stereocenters. The van der Waals surface area contributed by atoms with Crippen molar-refractivity contribution < 1.29 is 23.1 Å². The number of fused-ring (bicyclic) bond motifs is 1. The molecule has 1 aliphatic rings. The molecule has 0 bridgehead atoms. The van der Waals surface area contributed by atoms with Crippen molar-refractivity contribution in [2.24, 2.45) is 5.41 Å². The summed E-state index contributed by atoms with van der Waals surface area (Å²) >= 11 is 15.6. The number of aryl methyl sites for hydroxylation is 1. The lowest BCUT2D eigenvalue weighted by Crippen LogP contribution is -2.12. The third-order valence-corrected chi connectivity index (χ3v) is 10.9. The first-order valence-corrected chi connectivity index (χ1v) is 15.7. The van der Waals surface area contributed by atoms with E-state index in [0.29, 0.717) is 27.7 Å². The third-order valence-electron chi connectivity index (χ3n) is 7.24. The smallest absolute Gasteiger partial charge is 0.416 e. The van der Waals surface area contributed by atoms with Crippen molar-refractivity contribution in [3.63, 3.8) is 0 Å². The van der Waals surface area contributed by atoms with E-state index in [2.05, 4.69) is 17.1 Å². The lowest BCUT2D eigenvalue weighted by Gasteiger charge is -2.21. The number of aromatic nitrogens is 1. The Morgan fingerprint density at radius 1 is 1.10 bits per heavy atom. The average molecular weight is 637 g/mol. The van der Waals surface area contributed by atoms with E-state index in [4.69, 9.17) is 23.2 Å². The number of rotatable bonds is 11. The number of aliphatic carboxylic acids is 1. The van der Waals surface area contributed by atoms with Gasteiger partial charge in [0, 0.05) is 11.0 Å². The summed E-state index contributed by atoms with van der Waals surface area (Å²) < 4.78 is 40.4. The maximum Gasteiger partial charge on any atom is 0.416 e. The van der Waals surface area contributed by atoms with Crippen molar-refractivity contribution in [1.29, 1.82) is 0 Å². The SMILES string of the molecule is O=C(O)CC1(CS[C@H](CCc2ccc(C(F)(F)F)cc2)c2cccc(/C=C/c3ccc4sc(Cl)c(Cl)c4n3)c2)CC1. The summed E-state index contributed by atoms with van der Waals surface area (Å²) in [6, 6.07) is 17.3. The summed E-state index contributed by atoms with van der Waals surface area (Å²) in [5.41, 5.74) is 3.49. The summed E-state index contributed by atoms with van der Waals surface area (Å²) in [5.74, 6) is -0.0559. The molecule has 10 heteroatoms. The fraction of sp³-hybridized carbons (Fsp3) is 0.290. The van der Waals surface area contributed by atoms with E-state index < -0.39 is 17.7 Å². The molecule has 1 fully saturated rings. The van der Waals surface area contributed by atoms with E-state index in [1.54, 1.807) is 11.8 Å². The van der Waals surface area contributed by atoms with E-state index in [1.807, 2.05) is 36.4 Å². The molecule has 1 saturated carbocycles. The van der Waals surface area contributed by atoms with Crippen LogP contribution >= 0.6 is 46.3 Å². The number of thiophene rings is 1. The number of benzene rings is 2. The van der Waals surface area contributed by atoms with Gasteiger partial charge in [-0.05, 0) is 78.1 Å². The molecule has 0 saturated heterocycles. The number of hydrogen-bond donors (Lipinski definition) is 1. The zero-order valence-electron chi connectivity index (χ0n) is 21.8. The molecule has 1 N–H and O–H groups in total. The third kappa shape index (κ3) is 7.66. The van der Waals surface area contributed by atoms with Crippen molar-refractivity contribution in [3.05, 3.63) is 98.0 Å². The van der Waals surface area contributed by atoms with Crippen molar-refractivity contribution in [2.45, 2.75) is 43.5 Å². The lowest BCUT2D eigenvalue weighted by atomic mass is 10.0. The maximum atomic E-state index is 13.0. The van der Waals surface area contributed by atoms with Crippen LogP contribution in [0.25, 0.3) is 22.4 Å². The first-order valence-electron chi connectivity index (χ1n) is 13.0. The van der Waals surface area contributed by atoms with Crippen molar-refractivity contribution in [3.8, 4) is 0 Å². The average Bonchev–Trinajstić information content (AvgIpc) is 3.63. The monoisotopic (exact) mass is 635 g/mol. The highest BCUT2D eigenvalue weighted by Gasteiger charge is 2.44. The number of thioether (sulfide) groups is 1. The molecule has 0 radical (unpaired) electrons. The summed E-state index contributed by atoms with van der Waals surface area (Å²) in [5, 5.41) is 9.86. The number of hydrogen-bond acceptors (Lipinski definition) is 4. The van der Waals surface area contributed by atoms with Crippen LogP contribution in [0.2, 0.25) is 9.36 Å². The van der Waals surface area contributed by atoms with Gasteiger partial charge in [-0.1, -0.05) is 65.7 Å². The van der Waals surface area contributed by atoms with Crippen LogP contribution in [-0.2, 0) is 17.4 Å². The molecule has 0 aliphatic heterocycles. The van der Waals surface area contributed by atoms with Crippen molar-refractivity contribution in [2.75, 3.05) is 5.75 Å². The fourth-order valence-corrected chi connectivity index (χ4v) is 7.71. The van der Waals surface area contributed by atoms with Gasteiger partial charge in [-0.3, -0.25) is 4.79 Å². The van der Waals surface area contributed by atoms with E-state index in [9.17, 15) is 23.1 Å². The Bertz CT molecular complexity index is 1580. The van der Waals surface area contributed by atoms with Gasteiger partial charge in [0.25, 0.3) is 0 Å². The molecule has 4 aromatic rings. The van der Waals surface area contributed by atoms with Crippen LogP contribution in [0.3, 0.4) is 0 Å². The first-order chi connectivity index (χ1) is 19.5. The number of pyridine rings is 1. The Balaban J connectivity index is 1.34. The second-order valence-electron chi connectivity index (χ2n) is 10.4. The number of carbonyl (C=O) groups is 1. The van der Waals surface area contributed by atoms with E-state index in [1.165, 1.54) is 23.5 Å². The van der Waals surface area contributed by atoms with Crippen LogP contribution < -0.4 is 0 Å². The van der Waals surface area contributed by atoms with Crippen LogP contribution in [0.15, 0.2) is 60.7 Å². The van der Waals surface area contributed by atoms with Gasteiger partial charge >= 0.3 is 12.1 Å². The Labute approximate surface area is 254 Å². The van der Waals surface area contributed by atoms with E-state index in [-0.39, 0.29) is 17.1 Å². The second-order valence-corrected chi connectivity index (χ2v) is 13.6. The highest BCUT2D eigenvalue weighted by molar-refractivity contribution is 7.99. The second kappa shape index (κ2) is 12.4. The minimum absolute atomic E-state index is 0.0538. The molecule has 3 nitrogen and oxygen atoms in total. The number of alkyl halides is 3. The van der Waals surface area contributed by atoms with E-state index in [0.717, 1.165) is 57.8 Å². The molecule has 41 heavy (non-hydrogen) atoms. The predicted octanol–water partition coefficient (Wildman–Crippen LogP) is 10.5. The van der Waals surface area contributed by atoms with Crippen LogP contribution in [0.4, 0.5) is 13.2 Å². The summed E-state index contributed by atoms with van der Waals surface area (Å²) in [4.78, 5) is 16.0. The van der Waals surface area contributed by atoms with Gasteiger partial charge < -0.3 is 5.11 Å². The van der Waals surface area contributed by atoms with E-state index >= 15 is 0 Å². The molecule has 2 aromatic carbocycles. The number of halogens is 5. The molecular weight excluding hydrogens is 610 g/mol. The molecule has 5 rings (SSSR count). The molecule has 1 atom stereocenters. The van der Waals surface area contributed by atoms with Crippen LogP contribution in [0.1, 0.15) is 58.9 Å². The summed E-state index contributed by atoms with van der Waals surface area (Å²) in [7, 11) is 0. The van der Waals surface area contributed by atoms with Crippen LogP contribution in [-0.4, -0.2) is 21.8 Å². The molecule has 2 aromatic heterocycles. The zero-order chi connectivity index (χ0) is 29.2. The zero-order valence-corrected chi connectivity index (χ0v) is 24.9. The molecular formula is C31H26Cl2F3NO2S2. The van der Waals surface area contributed by atoms with Crippen molar-refractivity contribution >= 4 is 74.6 Å². The first kappa shape index (κ1) is 30.0. The predicted molar refractivity (Wildman–Crippen MR) is 164 cm³/mol. The molecule has 2 heterocycles. The molecule has 214 valence electrons. The van der Waals surface area contributed by atoms with Gasteiger partial charge in [0.2, 0.25) is 0 Å². The Kier molecular flexibility index (Phi) is 9.04. The molecule has 1 aliphatic carbocycles. The molecule has 0 amide bonds. The van der Waals surface area contributed by atoms with Crippen LogP contribution in [0, 0.1) is 5.41 Å². The standard InChI is InChI=1S/C31H26Cl2F3NO2S2/c32-27-28-25(41-29(27)33)13-11-23(37-28)10-6-20-2-1-3-21(16-20)24(40-18-30(14-15-30)17-26(38)39)12-7-19-4-8-22(9-5-19)31(34,35)36/h1-6,8-11,13,16,24H,7,12,14-15,17-18H2,(H,38,39)/b10-6+/t24-/m1/s1. The van der Waals surface area contributed by atoms with Gasteiger partial charge in [0.1, 0.15) is 9.85 Å². The minimum atomic E-state index is -4.36. The normalized spacial score (nSPS) is 15.4. The number of nitrogens with zero attached hydrogens (tertiary/aromatic N) is 1. The molecule has 0 spiro atoms. The quantitative estimate of drug-likeness (QED) is 0.178. The lowest BCUT2D eigenvalue weighted by molar-refractivity contribution is -0.138. The van der Waals surface area contributed by atoms with Gasteiger partial charge in [0.05, 0.1) is 27.4 Å². The van der Waals surface area contributed by atoms with Gasteiger partial charge in [-0.2, -0.15) is 24.9 Å². The van der Waals surface area contributed by atoms with Gasteiger partial charge in [-0.25, -0.2) is 4.98 Å². The number of carboxylic acid groups (broad SMARTS) is 1. The largest absolute Gasteiger partial charge is 0.481 e. The Morgan fingerprint density at radius 3 is 2.54 bits per heavy atom.